The Bertz CT molecular complexity index is 1660. The summed E-state index contributed by atoms with van der Waals surface area (Å²) in [6.45, 7) is 13.7. The summed E-state index contributed by atoms with van der Waals surface area (Å²) in [5, 5.41) is 10.5. The standard InChI is InChI=1S/C36H44F2N6O4/c1-33(2,3)16-15-26(22-7-9-23(10-8-22)31(45)39-20-29-40-21-41-43-29)44-32(46)30(24-11-12-27-28(19-24)48-36(37,38)47-27)42-35(44)17-13-25(14-18-35)34(4,5)6/h7-12,19,25-26H,13-18,20-21H2,1-6H3,(H,39,45)/t25?,26-,35?/m1/s1. The van der Waals surface area contributed by atoms with Gasteiger partial charge in [0.25, 0.3) is 11.8 Å². The van der Waals surface area contributed by atoms with E-state index in [1.165, 1.54) is 12.1 Å². The average Bonchev–Trinajstić information content (AvgIpc) is 3.71. The van der Waals surface area contributed by atoms with Gasteiger partial charge in [-0.3, -0.25) is 14.6 Å². The highest BCUT2D eigenvalue weighted by molar-refractivity contribution is 6.47. The number of halogens is 2. The van der Waals surface area contributed by atoms with Crippen LogP contribution < -0.4 is 14.8 Å². The van der Waals surface area contributed by atoms with E-state index in [9.17, 15) is 18.4 Å². The summed E-state index contributed by atoms with van der Waals surface area (Å²) in [4.78, 5) is 38.9. The van der Waals surface area contributed by atoms with Gasteiger partial charge in [0.2, 0.25) is 0 Å². The second-order valence-corrected chi connectivity index (χ2v) is 15.5. The summed E-state index contributed by atoms with van der Waals surface area (Å²) >= 11 is 0. The molecule has 10 nitrogen and oxygen atoms in total. The quantitative estimate of drug-likeness (QED) is 0.312. The van der Waals surface area contributed by atoms with Gasteiger partial charge in [-0.1, -0.05) is 53.7 Å². The van der Waals surface area contributed by atoms with E-state index < -0.39 is 12.0 Å². The van der Waals surface area contributed by atoms with Crippen LogP contribution in [0.25, 0.3) is 0 Å². The molecule has 0 aromatic heterocycles. The van der Waals surface area contributed by atoms with Crippen LogP contribution in [0.1, 0.15) is 108 Å². The van der Waals surface area contributed by atoms with Crippen LogP contribution in [-0.4, -0.2) is 53.4 Å². The molecule has 2 aromatic carbocycles. The molecule has 2 aromatic rings. The molecule has 1 spiro atoms. The first-order valence-electron chi connectivity index (χ1n) is 16.7. The van der Waals surface area contributed by atoms with Gasteiger partial charge in [0.05, 0.1) is 12.6 Å². The van der Waals surface area contributed by atoms with E-state index in [4.69, 9.17) is 9.73 Å². The zero-order chi connectivity index (χ0) is 34.5. The van der Waals surface area contributed by atoms with Crippen molar-refractivity contribution in [3.05, 3.63) is 59.2 Å². The lowest BCUT2D eigenvalue weighted by atomic mass is 9.69. The summed E-state index contributed by atoms with van der Waals surface area (Å²) in [6.07, 6.45) is 0.890. The maximum Gasteiger partial charge on any atom is 0.586 e. The first-order chi connectivity index (χ1) is 22.5. The van der Waals surface area contributed by atoms with Gasteiger partial charge in [-0.05, 0) is 91.2 Å². The highest BCUT2D eigenvalue weighted by Gasteiger charge is 2.53. The number of amides is 2. The third-order valence-corrected chi connectivity index (χ3v) is 9.82. The fraction of sp³-hybridized carbons (Fsp3) is 0.556. The summed E-state index contributed by atoms with van der Waals surface area (Å²) in [5.74, 6) is 0.230. The molecule has 6 rings (SSSR count). The number of hydrogen-bond donors (Lipinski definition) is 1. The van der Waals surface area contributed by atoms with E-state index in [1.807, 2.05) is 17.0 Å². The number of carbonyl (C=O) groups excluding carboxylic acids is 2. The van der Waals surface area contributed by atoms with Crippen molar-refractivity contribution in [1.29, 1.82) is 0 Å². The Balaban J connectivity index is 1.35. The number of alkyl halides is 2. The molecule has 0 unspecified atom stereocenters. The van der Waals surface area contributed by atoms with Gasteiger partial charge >= 0.3 is 6.29 Å². The monoisotopic (exact) mass is 662 g/mol. The Morgan fingerprint density at radius 1 is 1.02 bits per heavy atom. The maximum atomic E-state index is 14.7. The normalized spacial score (nSPS) is 23.8. The summed E-state index contributed by atoms with van der Waals surface area (Å²) in [5.41, 5.74) is 1.32. The van der Waals surface area contributed by atoms with Gasteiger partial charge in [-0.2, -0.15) is 5.11 Å². The lowest BCUT2D eigenvalue weighted by molar-refractivity contribution is -0.286. The van der Waals surface area contributed by atoms with Gasteiger partial charge in [-0.25, -0.2) is 4.99 Å². The lowest BCUT2D eigenvalue weighted by Gasteiger charge is -2.47. The lowest BCUT2D eigenvalue weighted by Crippen LogP contribution is -2.51. The second kappa shape index (κ2) is 12.3. The number of nitrogens with one attached hydrogen (secondary N) is 1. The van der Waals surface area contributed by atoms with Gasteiger partial charge in [0, 0.05) is 11.1 Å². The van der Waals surface area contributed by atoms with Gasteiger partial charge in [0.1, 0.15) is 11.4 Å². The first kappa shape index (κ1) is 33.7. The fourth-order valence-corrected chi connectivity index (χ4v) is 7.11. The van der Waals surface area contributed by atoms with Gasteiger partial charge < -0.3 is 19.7 Å². The molecule has 4 aliphatic rings. The molecule has 1 atom stereocenters. The maximum absolute atomic E-state index is 14.7. The van der Waals surface area contributed by atoms with E-state index in [1.54, 1.807) is 18.2 Å². The topological polar surface area (TPSA) is 117 Å². The highest BCUT2D eigenvalue weighted by Crippen LogP contribution is 2.51. The van der Waals surface area contributed by atoms with Crippen LogP contribution in [0.5, 0.6) is 11.5 Å². The number of rotatable bonds is 8. The number of azo groups is 1. The van der Waals surface area contributed by atoms with Gasteiger partial charge in [0.15, 0.2) is 24.0 Å². The van der Waals surface area contributed by atoms with Crippen LogP contribution >= 0.6 is 0 Å². The zero-order valence-electron chi connectivity index (χ0n) is 28.5. The predicted octanol–water partition coefficient (Wildman–Crippen LogP) is 7.69. The fourth-order valence-electron chi connectivity index (χ4n) is 7.11. The van der Waals surface area contributed by atoms with Gasteiger partial charge in [-0.15, -0.1) is 13.9 Å². The molecule has 48 heavy (non-hydrogen) atoms. The number of amidine groups is 1. The molecule has 1 aliphatic carbocycles. The van der Waals surface area contributed by atoms with Crippen LogP contribution in [0.15, 0.2) is 62.7 Å². The van der Waals surface area contributed by atoms with Crippen molar-refractivity contribution < 1.29 is 27.8 Å². The summed E-state index contributed by atoms with van der Waals surface area (Å²) in [6, 6.07) is 11.4. The molecule has 256 valence electrons. The Hall–Kier alpha value is -4.22. The van der Waals surface area contributed by atoms with Crippen molar-refractivity contribution in [3.63, 3.8) is 0 Å². The number of carbonyl (C=O) groups is 2. The molecule has 3 heterocycles. The largest absolute Gasteiger partial charge is 0.586 e. The molecule has 1 saturated carbocycles. The molecule has 1 fully saturated rings. The minimum atomic E-state index is -3.77. The van der Waals surface area contributed by atoms with E-state index >= 15 is 0 Å². The van der Waals surface area contributed by atoms with Crippen LogP contribution in [0.4, 0.5) is 8.78 Å². The molecule has 3 aliphatic heterocycles. The van der Waals surface area contributed by atoms with Crippen molar-refractivity contribution in [2.24, 2.45) is 37.0 Å². The SMILES string of the molecule is CC(C)(C)CC[C@H](c1ccc(C(=O)NCC2=NCN=N2)cc1)N1C(=O)C(c2ccc3c(c2)OC(F)(F)O3)=NC12CCC(C(C)(C)C)CC2. The van der Waals surface area contributed by atoms with E-state index in [0.29, 0.717) is 42.1 Å². The molecule has 2 amide bonds. The van der Waals surface area contributed by atoms with Crippen molar-refractivity contribution in [1.82, 2.24) is 10.2 Å². The van der Waals surface area contributed by atoms with Crippen molar-refractivity contribution in [2.75, 3.05) is 13.2 Å². The molecule has 0 radical (unpaired) electrons. The third kappa shape index (κ3) is 6.98. The first-order valence-corrected chi connectivity index (χ1v) is 16.7. The van der Waals surface area contributed by atoms with Crippen LogP contribution in [0, 0.1) is 16.7 Å². The zero-order valence-corrected chi connectivity index (χ0v) is 28.5. The minimum absolute atomic E-state index is 0.00948. The van der Waals surface area contributed by atoms with E-state index in [0.717, 1.165) is 24.8 Å². The Morgan fingerprint density at radius 3 is 2.33 bits per heavy atom. The summed E-state index contributed by atoms with van der Waals surface area (Å²) < 4.78 is 37.1. The van der Waals surface area contributed by atoms with Crippen LogP contribution in [0.2, 0.25) is 0 Å². The van der Waals surface area contributed by atoms with E-state index in [-0.39, 0.29) is 59.1 Å². The molecule has 12 heteroatoms. The number of fused-ring (bicyclic) bond motifs is 1. The number of benzene rings is 2. The van der Waals surface area contributed by atoms with Crippen LogP contribution in [-0.2, 0) is 4.79 Å². The second-order valence-electron chi connectivity index (χ2n) is 15.5. The highest BCUT2D eigenvalue weighted by atomic mass is 19.3. The predicted molar refractivity (Wildman–Crippen MR) is 178 cm³/mol. The Morgan fingerprint density at radius 2 is 1.71 bits per heavy atom. The number of nitrogens with zero attached hydrogens (tertiary/aromatic N) is 5. The van der Waals surface area contributed by atoms with Crippen molar-refractivity contribution in [2.45, 2.75) is 98.1 Å². The molecule has 1 N–H and O–H groups in total. The molecular formula is C36H44F2N6O4. The van der Waals surface area contributed by atoms with Crippen molar-refractivity contribution in [3.8, 4) is 11.5 Å². The minimum Gasteiger partial charge on any atom is -0.395 e. The molecular weight excluding hydrogens is 618 g/mol. The molecule has 0 saturated heterocycles. The number of aliphatic imine (C=N–C) groups is 2. The third-order valence-electron chi connectivity index (χ3n) is 9.82. The average molecular weight is 663 g/mol. The Kier molecular flexibility index (Phi) is 8.66. The molecule has 0 bridgehead atoms. The van der Waals surface area contributed by atoms with Crippen LogP contribution in [0.3, 0.4) is 0 Å². The summed E-state index contributed by atoms with van der Waals surface area (Å²) in [7, 11) is 0. The smallest absolute Gasteiger partial charge is 0.395 e. The number of hydrogen-bond acceptors (Lipinski definition) is 8. The van der Waals surface area contributed by atoms with Crippen molar-refractivity contribution >= 4 is 23.4 Å². The number of ether oxygens (including phenoxy) is 2. The Labute approximate surface area is 280 Å². The van der Waals surface area contributed by atoms with E-state index in [2.05, 4.69) is 66.8 Å².